The van der Waals surface area contributed by atoms with Gasteiger partial charge >= 0.3 is 6.09 Å². The molecule has 5 heteroatoms. The zero-order chi connectivity index (χ0) is 16.3. The standard InChI is InChI=1S/C17H21F2NO2/c1-17(2,3)22-16(21)20-11-5-7-13(20)10-9-12-6-4-8-14(18)15(12)19/h4,6,8-10,13H,5,7,11H2,1-3H3/b10-9+/t13-/m1/s1. The van der Waals surface area contributed by atoms with Gasteiger partial charge in [0.15, 0.2) is 11.6 Å². The van der Waals surface area contributed by atoms with Crippen LogP contribution in [-0.2, 0) is 4.74 Å². The Morgan fingerprint density at radius 3 is 2.77 bits per heavy atom. The van der Waals surface area contributed by atoms with E-state index in [2.05, 4.69) is 0 Å². The molecule has 0 unspecified atom stereocenters. The van der Waals surface area contributed by atoms with Crippen molar-refractivity contribution < 1.29 is 18.3 Å². The third-order valence-electron chi connectivity index (χ3n) is 3.41. The van der Waals surface area contributed by atoms with Crippen LogP contribution in [0.5, 0.6) is 0 Å². The van der Waals surface area contributed by atoms with E-state index in [0.717, 1.165) is 18.9 Å². The van der Waals surface area contributed by atoms with E-state index in [9.17, 15) is 13.6 Å². The number of rotatable bonds is 2. The molecular formula is C17H21F2NO2. The number of benzene rings is 1. The molecule has 3 nitrogen and oxygen atoms in total. The molecule has 1 fully saturated rings. The highest BCUT2D eigenvalue weighted by molar-refractivity contribution is 5.69. The average Bonchev–Trinajstić information content (AvgIpc) is 2.87. The van der Waals surface area contributed by atoms with Crippen LogP contribution in [0.2, 0.25) is 0 Å². The lowest BCUT2D eigenvalue weighted by Gasteiger charge is -2.27. The zero-order valence-corrected chi connectivity index (χ0v) is 13.1. The quantitative estimate of drug-likeness (QED) is 0.811. The molecule has 0 N–H and O–H groups in total. The summed E-state index contributed by atoms with van der Waals surface area (Å²) >= 11 is 0. The summed E-state index contributed by atoms with van der Waals surface area (Å²) in [6, 6.07) is 3.88. The highest BCUT2D eigenvalue weighted by atomic mass is 19.2. The normalized spacial score (nSPS) is 19.0. The molecule has 0 bridgehead atoms. The van der Waals surface area contributed by atoms with Crippen LogP contribution in [0.4, 0.5) is 13.6 Å². The summed E-state index contributed by atoms with van der Waals surface area (Å²) in [5.41, 5.74) is -0.376. The van der Waals surface area contributed by atoms with Crippen LogP contribution in [0.25, 0.3) is 6.08 Å². The minimum Gasteiger partial charge on any atom is -0.444 e. The lowest BCUT2D eigenvalue weighted by atomic mass is 10.1. The fraction of sp³-hybridized carbons (Fsp3) is 0.471. The van der Waals surface area contributed by atoms with Crippen molar-refractivity contribution in [3.05, 3.63) is 41.5 Å². The van der Waals surface area contributed by atoms with E-state index in [0.29, 0.717) is 6.54 Å². The maximum Gasteiger partial charge on any atom is 0.410 e. The molecule has 120 valence electrons. The number of amides is 1. The van der Waals surface area contributed by atoms with Crippen LogP contribution in [0.3, 0.4) is 0 Å². The van der Waals surface area contributed by atoms with Gasteiger partial charge in [-0.25, -0.2) is 13.6 Å². The van der Waals surface area contributed by atoms with Crippen molar-refractivity contribution in [2.75, 3.05) is 6.54 Å². The Morgan fingerprint density at radius 2 is 2.09 bits per heavy atom. The number of hydrogen-bond donors (Lipinski definition) is 0. The van der Waals surface area contributed by atoms with Crippen molar-refractivity contribution in [2.45, 2.75) is 45.3 Å². The first kappa shape index (κ1) is 16.5. The molecule has 0 saturated carbocycles. The van der Waals surface area contributed by atoms with Gasteiger partial charge in [-0.1, -0.05) is 24.3 Å². The van der Waals surface area contributed by atoms with E-state index in [1.165, 1.54) is 18.2 Å². The first-order chi connectivity index (χ1) is 10.3. The van der Waals surface area contributed by atoms with Gasteiger partial charge in [0, 0.05) is 12.1 Å². The third kappa shape index (κ3) is 4.06. The molecule has 0 spiro atoms. The van der Waals surface area contributed by atoms with E-state index < -0.39 is 17.2 Å². The highest BCUT2D eigenvalue weighted by Crippen LogP contribution is 2.23. The molecule has 1 aromatic rings. The van der Waals surface area contributed by atoms with Gasteiger partial charge in [-0.15, -0.1) is 0 Å². The van der Waals surface area contributed by atoms with Crippen LogP contribution in [0.1, 0.15) is 39.2 Å². The smallest absolute Gasteiger partial charge is 0.410 e. The Kier molecular flexibility index (Phi) is 4.84. The number of carbonyl (C=O) groups excluding carboxylic acids is 1. The summed E-state index contributed by atoms with van der Waals surface area (Å²) in [6.45, 7) is 6.05. The second-order valence-corrected chi connectivity index (χ2v) is 6.39. The van der Waals surface area contributed by atoms with Gasteiger partial charge in [0.25, 0.3) is 0 Å². The Hall–Kier alpha value is -1.91. The largest absolute Gasteiger partial charge is 0.444 e. The Morgan fingerprint density at radius 1 is 1.36 bits per heavy atom. The molecule has 0 radical (unpaired) electrons. The second kappa shape index (κ2) is 6.46. The first-order valence-electron chi connectivity index (χ1n) is 7.40. The SMILES string of the molecule is CC(C)(C)OC(=O)N1CCC[C@@H]1/C=C/c1cccc(F)c1F. The average molecular weight is 309 g/mol. The highest BCUT2D eigenvalue weighted by Gasteiger charge is 2.30. The van der Waals surface area contributed by atoms with Gasteiger partial charge in [0.2, 0.25) is 0 Å². The fourth-order valence-corrected chi connectivity index (χ4v) is 2.40. The molecule has 1 saturated heterocycles. The molecule has 1 aliphatic heterocycles. The second-order valence-electron chi connectivity index (χ2n) is 6.39. The van der Waals surface area contributed by atoms with Gasteiger partial charge in [0.05, 0.1) is 6.04 Å². The van der Waals surface area contributed by atoms with Gasteiger partial charge in [-0.05, 0) is 39.7 Å². The monoisotopic (exact) mass is 309 g/mol. The van der Waals surface area contributed by atoms with Crippen molar-refractivity contribution in [3.8, 4) is 0 Å². The molecule has 0 aromatic heterocycles. The van der Waals surface area contributed by atoms with Crippen molar-refractivity contribution in [1.29, 1.82) is 0 Å². The van der Waals surface area contributed by atoms with Crippen molar-refractivity contribution in [2.24, 2.45) is 0 Å². The molecule has 1 aliphatic rings. The topological polar surface area (TPSA) is 29.5 Å². The first-order valence-corrected chi connectivity index (χ1v) is 7.40. The number of halogens is 2. The summed E-state index contributed by atoms with van der Waals surface area (Å²) in [5.74, 6) is -1.75. The minimum atomic E-state index is -0.877. The maximum atomic E-state index is 13.6. The number of nitrogens with zero attached hydrogens (tertiary/aromatic N) is 1. The number of likely N-dealkylation sites (tertiary alicyclic amines) is 1. The number of carbonyl (C=O) groups is 1. The van der Waals surface area contributed by atoms with Gasteiger partial charge in [0.1, 0.15) is 5.60 Å². The van der Waals surface area contributed by atoms with E-state index in [4.69, 9.17) is 4.74 Å². The zero-order valence-electron chi connectivity index (χ0n) is 13.1. The van der Waals surface area contributed by atoms with E-state index in [1.807, 2.05) is 20.8 Å². The Labute approximate surface area is 129 Å². The van der Waals surface area contributed by atoms with E-state index in [1.54, 1.807) is 11.0 Å². The lowest BCUT2D eigenvalue weighted by molar-refractivity contribution is 0.0256. The third-order valence-corrected chi connectivity index (χ3v) is 3.41. The molecule has 22 heavy (non-hydrogen) atoms. The van der Waals surface area contributed by atoms with Crippen LogP contribution in [0, 0.1) is 11.6 Å². The number of hydrogen-bond acceptors (Lipinski definition) is 2. The van der Waals surface area contributed by atoms with E-state index in [-0.39, 0.29) is 17.7 Å². The van der Waals surface area contributed by atoms with Crippen molar-refractivity contribution in [1.82, 2.24) is 4.90 Å². The van der Waals surface area contributed by atoms with E-state index >= 15 is 0 Å². The molecule has 1 atom stereocenters. The minimum absolute atomic E-state index is 0.155. The molecule has 1 heterocycles. The fourth-order valence-electron chi connectivity index (χ4n) is 2.40. The lowest BCUT2D eigenvalue weighted by Crippen LogP contribution is -2.39. The number of ether oxygens (including phenoxy) is 1. The van der Waals surface area contributed by atoms with Crippen LogP contribution >= 0.6 is 0 Å². The summed E-state index contributed by atoms with van der Waals surface area (Å²) in [6.07, 6.45) is 4.52. The molecular weight excluding hydrogens is 288 g/mol. The molecule has 0 aliphatic carbocycles. The Balaban J connectivity index is 2.09. The van der Waals surface area contributed by atoms with Gasteiger partial charge in [-0.2, -0.15) is 0 Å². The van der Waals surface area contributed by atoms with Crippen LogP contribution < -0.4 is 0 Å². The molecule has 1 amide bonds. The van der Waals surface area contributed by atoms with Crippen molar-refractivity contribution in [3.63, 3.8) is 0 Å². The maximum absolute atomic E-state index is 13.6. The van der Waals surface area contributed by atoms with Gasteiger partial charge in [-0.3, -0.25) is 0 Å². The van der Waals surface area contributed by atoms with Crippen LogP contribution in [0.15, 0.2) is 24.3 Å². The van der Waals surface area contributed by atoms with Crippen molar-refractivity contribution >= 4 is 12.2 Å². The van der Waals surface area contributed by atoms with Gasteiger partial charge < -0.3 is 9.64 Å². The summed E-state index contributed by atoms with van der Waals surface area (Å²) in [5, 5.41) is 0. The summed E-state index contributed by atoms with van der Waals surface area (Å²) in [7, 11) is 0. The summed E-state index contributed by atoms with van der Waals surface area (Å²) < 4.78 is 32.2. The molecule has 1 aromatic carbocycles. The predicted octanol–water partition coefficient (Wildman–Crippen LogP) is 4.38. The predicted molar refractivity (Wildman–Crippen MR) is 81.4 cm³/mol. The Bertz CT molecular complexity index is 579. The summed E-state index contributed by atoms with van der Waals surface area (Å²) in [4.78, 5) is 13.8. The van der Waals surface area contributed by atoms with Crippen LogP contribution in [-0.4, -0.2) is 29.2 Å². The molecule has 2 rings (SSSR count).